The molecule has 0 amide bonds. The molecule has 0 aliphatic rings. The van der Waals surface area contributed by atoms with Gasteiger partial charge in [0.25, 0.3) is 6.43 Å². The SMILES string of the molecule is FC(F)c1ccc2cc(Cl)ccc2c1. The summed E-state index contributed by atoms with van der Waals surface area (Å²) in [6, 6.07) is 9.75. The van der Waals surface area contributed by atoms with E-state index in [0.717, 1.165) is 10.8 Å². The van der Waals surface area contributed by atoms with Crippen LogP contribution in [-0.2, 0) is 0 Å². The lowest BCUT2D eigenvalue weighted by Crippen LogP contribution is -1.83. The van der Waals surface area contributed by atoms with Crippen molar-refractivity contribution in [3.63, 3.8) is 0 Å². The Hall–Kier alpha value is -1.15. The lowest BCUT2D eigenvalue weighted by Gasteiger charge is -2.02. The highest BCUT2D eigenvalue weighted by molar-refractivity contribution is 6.31. The number of fused-ring (bicyclic) bond motifs is 1. The summed E-state index contributed by atoms with van der Waals surface area (Å²) in [5, 5.41) is 2.27. The van der Waals surface area contributed by atoms with Gasteiger partial charge < -0.3 is 0 Å². The maximum atomic E-state index is 12.3. The van der Waals surface area contributed by atoms with Gasteiger partial charge in [-0.2, -0.15) is 0 Å². The van der Waals surface area contributed by atoms with Crippen LogP contribution in [0, 0.1) is 0 Å². The van der Waals surface area contributed by atoms with Gasteiger partial charge in [0.1, 0.15) is 0 Å². The van der Waals surface area contributed by atoms with Crippen LogP contribution in [0.5, 0.6) is 0 Å². The average Bonchev–Trinajstić information content (AvgIpc) is 2.16. The van der Waals surface area contributed by atoms with Gasteiger partial charge in [-0.3, -0.25) is 0 Å². The lowest BCUT2D eigenvalue weighted by atomic mass is 10.1. The van der Waals surface area contributed by atoms with Gasteiger partial charge in [-0.15, -0.1) is 0 Å². The standard InChI is InChI=1S/C11H7ClF2/c12-10-4-3-7-5-9(11(13)14)2-1-8(7)6-10/h1-6,11H. The first-order valence-corrected chi connectivity index (χ1v) is 4.52. The summed E-state index contributed by atoms with van der Waals surface area (Å²) in [6.45, 7) is 0. The van der Waals surface area contributed by atoms with Gasteiger partial charge in [0.05, 0.1) is 0 Å². The second-order valence-electron chi connectivity index (χ2n) is 3.05. The van der Waals surface area contributed by atoms with E-state index in [1.165, 1.54) is 12.1 Å². The molecule has 0 aliphatic carbocycles. The van der Waals surface area contributed by atoms with E-state index < -0.39 is 6.43 Å². The fourth-order valence-electron chi connectivity index (χ4n) is 1.37. The van der Waals surface area contributed by atoms with Crippen LogP contribution in [0.4, 0.5) is 8.78 Å². The average molecular weight is 213 g/mol. The molecule has 72 valence electrons. The highest BCUT2D eigenvalue weighted by Crippen LogP contribution is 2.25. The monoisotopic (exact) mass is 212 g/mol. The van der Waals surface area contributed by atoms with Crippen LogP contribution in [0.2, 0.25) is 5.02 Å². The molecule has 0 saturated heterocycles. The van der Waals surface area contributed by atoms with Crippen LogP contribution >= 0.6 is 11.6 Å². The van der Waals surface area contributed by atoms with Crippen LogP contribution in [0.25, 0.3) is 10.8 Å². The summed E-state index contributed by atoms with van der Waals surface area (Å²) >= 11 is 5.77. The Balaban J connectivity index is 2.62. The molecule has 3 heteroatoms. The molecule has 0 saturated carbocycles. The summed E-state index contributed by atoms with van der Waals surface area (Å²) in [5.41, 5.74) is 0.0415. The van der Waals surface area contributed by atoms with Crippen molar-refractivity contribution in [1.82, 2.24) is 0 Å². The molecule has 2 aromatic carbocycles. The summed E-state index contributed by atoms with van der Waals surface area (Å²) in [5.74, 6) is 0. The van der Waals surface area contributed by atoms with Crippen LogP contribution in [0.1, 0.15) is 12.0 Å². The first-order valence-electron chi connectivity index (χ1n) is 4.14. The molecule has 0 fully saturated rings. The van der Waals surface area contributed by atoms with Gasteiger partial charge >= 0.3 is 0 Å². The Bertz CT molecular complexity index is 466. The van der Waals surface area contributed by atoms with E-state index in [1.807, 2.05) is 0 Å². The second kappa shape index (κ2) is 3.54. The number of halogens is 3. The van der Waals surface area contributed by atoms with E-state index in [0.29, 0.717) is 5.02 Å². The molecule has 0 aromatic heterocycles. The highest BCUT2D eigenvalue weighted by atomic mass is 35.5. The third-order valence-electron chi connectivity index (χ3n) is 2.08. The summed E-state index contributed by atoms with van der Waals surface area (Å²) in [7, 11) is 0. The van der Waals surface area contributed by atoms with Crippen molar-refractivity contribution in [2.45, 2.75) is 6.43 Å². The molecule has 2 aromatic rings. The Kier molecular flexibility index (Phi) is 2.38. The van der Waals surface area contributed by atoms with Crippen molar-refractivity contribution in [2.75, 3.05) is 0 Å². The van der Waals surface area contributed by atoms with E-state index in [2.05, 4.69) is 0 Å². The highest BCUT2D eigenvalue weighted by Gasteiger charge is 2.06. The van der Waals surface area contributed by atoms with E-state index in [-0.39, 0.29) is 5.56 Å². The molecule has 0 atom stereocenters. The first kappa shape index (κ1) is 9.41. The number of hydrogen-bond donors (Lipinski definition) is 0. The minimum Gasteiger partial charge on any atom is -0.205 e. The topological polar surface area (TPSA) is 0 Å². The molecule has 0 aliphatic heterocycles. The molecule has 14 heavy (non-hydrogen) atoms. The van der Waals surface area contributed by atoms with Crippen LogP contribution < -0.4 is 0 Å². The van der Waals surface area contributed by atoms with Crippen LogP contribution in [-0.4, -0.2) is 0 Å². The predicted molar refractivity (Wildman–Crippen MR) is 53.9 cm³/mol. The molecule has 0 spiro atoms. The van der Waals surface area contributed by atoms with Crippen molar-refractivity contribution in [3.8, 4) is 0 Å². The van der Waals surface area contributed by atoms with Gasteiger partial charge in [-0.05, 0) is 29.0 Å². The third-order valence-corrected chi connectivity index (χ3v) is 2.31. The van der Waals surface area contributed by atoms with E-state index in [9.17, 15) is 8.78 Å². The molecule has 0 nitrogen and oxygen atoms in total. The lowest BCUT2D eigenvalue weighted by molar-refractivity contribution is 0.151. The molecule has 0 bridgehead atoms. The Morgan fingerprint density at radius 2 is 1.57 bits per heavy atom. The molecular formula is C11H7ClF2. The molecular weight excluding hydrogens is 206 g/mol. The molecule has 0 radical (unpaired) electrons. The van der Waals surface area contributed by atoms with Gasteiger partial charge in [0.2, 0.25) is 0 Å². The van der Waals surface area contributed by atoms with Crippen molar-refractivity contribution >= 4 is 22.4 Å². The van der Waals surface area contributed by atoms with E-state index in [1.54, 1.807) is 24.3 Å². The van der Waals surface area contributed by atoms with Crippen molar-refractivity contribution < 1.29 is 8.78 Å². The maximum Gasteiger partial charge on any atom is 0.263 e. The first-order chi connectivity index (χ1) is 6.66. The Morgan fingerprint density at radius 1 is 0.929 bits per heavy atom. The fourth-order valence-corrected chi connectivity index (χ4v) is 1.55. The normalized spacial score (nSPS) is 11.1. The minimum absolute atomic E-state index is 0.0415. The Morgan fingerprint density at radius 3 is 2.29 bits per heavy atom. The second-order valence-corrected chi connectivity index (χ2v) is 3.49. The van der Waals surface area contributed by atoms with Gasteiger partial charge in [-0.1, -0.05) is 29.8 Å². The van der Waals surface area contributed by atoms with Crippen LogP contribution in [0.3, 0.4) is 0 Å². The van der Waals surface area contributed by atoms with Gasteiger partial charge in [0, 0.05) is 10.6 Å². The minimum atomic E-state index is -2.42. The fraction of sp³-hybridized carbons (Fsp3) is 0.0909. The van der Waals surface area contributed by atoms with E-state index >= 15 is 0 Å². The summed E-state index contributed by atoms with van der Waals surface area (Å²) in [4.78, 5) is 0. The van der Waals surface area contributed by atoms with Gasteiger partial charge in [0.15, 0.2) is 0 Å². The van der Waals surface area contributed by atoms with Crippen LogP contribution in [0.15, 0.2) is 36.4 Å². The zero-order valence-corrected chi connectivity index (χ0v) is 7.93. The maximum absolute atomic E-state index is 12.3. The molecule has 0 unspecified atom stereocenters. The van der Waals surface area contributed by atoms with Crippen molar-refractivity contribution in [2.24, 2.45) is 0 Å². The number of hydrogen-bond acceptors (Lipinski definition) is 0. The predicted octanol–water partition coefficient (Wildman–Crippen LogP) is 4.43. The molecule has 0 N–H and O–H groups in total. The number of alkyl halides is 2. The summed E-state index contributed by atoms with van der Waals surface area (Å²) in [6.07, 6.45) is -2.42. The van der Waals surface area contributed by atoms with E-state index in [4.69, 9.17) is 11.6 Å². The Labute approximate surface area is 85.1 Å². The number of rotatable bonds is 1. The molecule has 0 heterocycles. The summed E-state index contributed by atoms with van der Waals surface area (Å²) < 4.78 is 24.7. The molecule has 2 rings (SSSR count). The van der Waals surface area contributed by atoms with Crippen molar-refractivity contribution in [1.29, 1.82) is 0 Å². The third kappa shape index (κ3) is 1.70. The van der Waals surface area contributed by atoms with Gasteiger partial charge in [-0.25, -0.2) is 8.78 Å². The smallest absolute Gasteiger partial charge is 0.205 e. The quantitative estimate of drug-likeness (QED) is 0.656. The van der Waals surface area contributed by atoms with Crippen molar-refractivity contribution in [3.05, 3.63) is 47.0 Å². The largest absolute Gasteiger partial charge is 0.263 e. The zero-order valence-electron chi connectivity index (χ0n) is 7.18. The number of benzene rings is 2. The zero-order chi connectivity index (χ0) is 10.1.